The molecule has 0 bridgehead atoms. The minimum Gasteiger partial charge on any atom is -0.327 e. The lowest BCUT2D eigenvalue weighted by Crippen LogP contribution is -2.44. The fourth-order valence-electron chi connectivity index (χ4n) is 1.85. The number of hydrogen-bond donors (Lipinski definition) is 1. The minimum absolute atomic E-state index is 0.312. The van der Waals surface area contributed by atoms with Crippen LogP contribution >= 0.6 is 0 Å². The van der Waals surface area contributed by atoms with E-state index < -0.39 is 0 Å². The Morgan fingerprint density at radius 2 is 2.18 bits per heavy atom. The molecule has 0 radical (unpaired) electrons. The first-order chi connectivity index (χ1) is 5.02. The number of nitrogens with zero attached hydrogens (tertiary/aromatic N) is 1. The van der Waals surface area contributed by atoms with Crippen molar-refractivity contribution < 1.29 is 0 Å². The highest BCUT2D eigenvalue weighted by molar-refractivity contribution is 4.88. The van der Waals surface area contributed by atoms with Gasteiger partial charge in [0.05, 0.1) is 0 Å². The van der Waals surface area contributed by atoms with Crippen LogP contribution in [0.4, 0.5) is 0 Å². The zero-order valence-corrected chi connectivity index (χ0v) is 7.93. The van der Waals surface area contributed by atoms with Crippen molar-refractivity contribution in [1.82, 2.24) is 4.90 Å². The zero-order valence-electron chi connectivity index (χ0n) is 7.93. The molecule has 0 aromatic rings. The van der Waals surface area contributed by atoms with Crippen molar-refractivity contribution in [3.05, 3.63) is 0 Å². The molecule has 0 aromatic carbocycles. The fraction of sp³-hybridized carbons (Fsp3) is 1.00. The van der Waals surface area contributed by atoms with E-state index in [9.17, 15) is 0 Å². The summed E-state index contributed by atoms with van der Waals surface area (Å²) in [6.07, 6.45) is 2.65. The number of nitrogens with two attached hydrogens (primary N) is 1. The van der Waals surface area contributed by atoms with Crippen molar-refractivity contribution in [3.63, 3.8) is 0 Å². The van der Waals surface area contributed by atoms with Crippen molar-refractivity contribution in [2.45, 2.75) is 45.2 Å². The molecule has 66 valence electrons. The Hall–Kier alpha value is -0.0800. The Morgan fingerprint density at radius 1 is 1.55 bits per heavy atom. The second-order valence-corrected chi connectivity index (χ2v) is 4.34. The van der Waals surface area contributed by atoms with E-state index in [0.29, 0.717) is 11.6 Å². The lowest BCUT2D eigenvalue weighted by molar-refractivity contribution is 0.167. The van der Waals surface area contributed by atoms with Crippen LogP contribution in [0.1, 0.15) is 33.6 Å². The number of hydrogen-bond acceptors (Lipinski definition) is 2. The molecule has 0 unspecified atom stereocenters. The molecular formula is C9H20N2. The Labute approximate surface area is 69.8 Å². The molecule has 1 heterocycles. The minimum atomic E-state index is 0.312. The van der Waals surface area contributed by atoms with Gasteiger partial charge >= 0.3 is 0 Å². The van der Waals surface area contributed by atoms with E-state index in [-0.39, 0.29) is 0 Å². The summed E-state index contributed by atoms with van der Waals surface area (Å²) in [6, 6.07) is 0.312. The summed E-state index contributed by atoms with van der Waals surface area (Å²) < 4.78 is 0. The van der Waals surface area contributed by atoms with Gasteiger partial charge in [-0.15, -0.1) is 0 Å². The van der Waals surface area contributed by atoms with Gasteiger partial charge in [-0.05, 0) is 40.2 Å². The van der Waals surface area contributed by atoms with Gasteiger partial charge in [-0.1, -0.05) is 0 Å². The van der Waals surface area contributed by atoms with E-state index >= 15 is 0 Å². The first kappa shape index (κ1) is 9.01. The largest absolute Gasteiger partial charge is 0.327 e. The third kappa shape index (κ3) is 2.17. The number of rotatable bonds is 2. The average Bonchev–Trinajstić information content (AvgIpc) is 2.10. The normalized spacial score (nSPS) is 27.3. The highest BCUT2D eigenvalue weighted by atomic mass is 15.2. The van der Waals surface area contributed by atoms with Crippen LogP contribution in [-0.2, 0) is 0 Å². The van der Waals surface area contributed by atoms with Gasteiger partial charge in [0.2, 0.25) is 0 Å². The van der Waals surface area contributed by atoms with E-state index in [2.05, 4.69) is 25.7 Å². The SMILES string of the molecule is C[C@H](N)CN1CCCC1(C)C. The van der Waals surface area contributed by atoms with Crippen LogP contribution in [0.3, 0.4) is 0 Å². The summed E-state index contributed by atoms with van der Waals surface area (Å²) in [5, 5.41) is 0. The molecule has 2 heteroatoms. The van der Waals surface area contributed by atoms with Crippen molar-refractivity contribution in [2.24, 2.45) is 5.73 Å². The number of likely N-dealkylation sites (tertiary alicyclic amines) is 1. The highest BCUT2D eigenvalue weighted by Gasteiger charge is 2.31. The lowest BCUT2D eigenvalue weighted by atomic mass is 10.0. The van der Waals surface area contributed by atoms with Gasteiger partial charge in [-0.25, -0.2) is 0 Å². The molecule has 0 aromatic heterocycles. The van der Waals surface area contributed by atoms with E-state index in [4.69, 9.17) is 5.73 Å². The smallest absolute Gasteiger partial charge is 0.0154 e. The molecule has 1 fully saturated rings. The Balaban J connectivity index is 2.45. The second kappa shape index (κ2) is 3.11. The molecular weight excluding hydrogens is 136 g/mol. The molecule has 1 aliphatic heterocycles. The third-order valence-corrected chi connectivity index (χ3v) is 2.58. The van der Waals surface area contributed by atoms with Gasteiger partial charge in [0, 0.05) is 18.1 Å². The lowest BCUT2D eigenvalue weighted by Gasteiger charge is -2.32. The van der Waals surface area contributed by atoms with Gasteiger partial charge in [0.25, 0.3) is 0 Å². The Kier molecular flexibility index (Phi) is 2.55. The maximum Gasteiger partial charge on any atom is 0.0154 e. The maximum atomic E-state index is 5.75. The van der Waals surface area contributed by atoms with Gasteiger partial charge in [0.1, 0.15) is 0 Å². The summed E-state index contributed by atoms with van der Waals surface area (Å²) in [5.74, 6) is 0. The van der Waals surface area contributed by atoms with E-state index in [1.54, 1.807) is 0 Å². The van der Waals surface area contributed by atoms with Gasteiger partial charge < -0.3 is 5.73 Å². The van der Waals surface area contributed by atoms with Crippen LogP contribution in [-0.4, -0.2) is 29.6 Å². The van der Waals surface area contributed by atoms with Crippen LogP contribution in [0, 0.1) is 0 Å². The molecule has 2 nitrogen and oxygen atoms in total. The first-order valence-corrected chi connectivity index (χ1v) is 4.53. The maximum absolute atomic E-state index is 5.75. The zero-order chi connectivity index (χ0) is 8.48. The molecule has 0 saturated carbocycles. The predicted octanol–water partition coefficient (Wildman–Crippen LogP) is 1.21. The standard InChI is InChI=1S/C9H20N2/c1-8(10)7-11-6-4-5-9(11,2)3/h8H,4-7,10H2,1-3H3/t8-/m0/s1. The van der Waals surface area contributed by atoms with Gasteiger partial charge in [0.15, 0.2) is 0 Å². The van der Waals surface area contributed by atoms with Crippen molar-refractivity contribution in [2.75, 3.05) is 13.1 Å². The highest BCUT2D eigenvalue weighted by Crippen LogP contribution is 2.27. The predicted molar refractivity (Wildman–Crippen MR) is 48.5 cm³/mol. The van der Waals surface area contributed by atoms with Crippen LogP contribution in [0.25, 0.3) is 0 Å². The topological polar surface area (TPSA) is 29.3 Å². The summed E-state index contributed by atoms with van der Waals surface area (Å²) >= 11 is 0. The molecule has 0 amide bonds. The van der Waals surface area contributed by atoms with Crippen molar-refractivity contribution in [3.8, 4) is 0 Å². The van der Waals surface area contributed by atoms with Crippen molar-refractivity contribution >= 4 is 0 Å². The molecule has 1 saturated heterocycles. The van der Waals surface area contributed by atoms with Gasteiger partial charge in [-0.2, -0.15) is 0 Å². The van der Waals surface area contributed by atoms with Crippen LogP contribution in [0.5, 0.6) is 0 Å². The molecule has 0 spiro atoms. The molecule has 1 aliphatic rings. The quantitative estimate of drug-likeness (QED) is 0.651. The second-order valence-electron chi connectivity index (χ2n) is 4.34. The first-order valence-electron chi connectivity index (χ1n) is 4.53. The molecule has 1 atom stereocenters. The monoisotopic (exact) mass is 156 g/mol. The van der Waals surface area contributed by atoms with Crippen LogP contribution in [0.2, 0.25) is 0 Å². The van der Waals surface area contributed by atoms with Gasteiger partial charge in [-0.3, -0.25) is 4.90 Å². The van der Waals surface area contributed by atoms with Crippen LogP contribution in [0.15, 0.2) is 0 Å². The Morgan fingerprint density at radius 3 is 2.55 bits per heavy atom. The summed E-state index contributed by atoms with van der Waals surface area (Å²) in [5.41, 5.74) is 6.15. The van der Waals surface area contributed by atoms with E-state index in [0.717, 1.165) is 6.54 Å². The Bertz CT molecular complexity index is 130. The average molecular weight is 156 g/mol. The summed E-state index contributed by atoms with van der Waals surface area (Å²) in [6.45, 7) is 8.97. The van der Waals surface area contributed by atoms with E-state index in [1.165, 1.54) is 19.4 Å². The summed E-state index contributed by atoms with van der Waals surface area (Å²) in [4.78, 5) is 2.50. The fourth-order valence-corrected chi connectivity index (χ4v) is 1.85. The molecule has 1 rings (SSSR count). The molecule has 0 aliphatic carbocycles. The molecule has 11 heavy (non-hydrogen) atoms. The third-order valence-electron chi connectivity index (χ3n) is 2.58. The molecule has 2 N–H and O–H groups in total. The van der Waals surface area contributed by atoms with Crippen molar-refractivity contribution in [1.29, 1.82) is 0 Å². The van der Waals surface area contributed by atoms with Crippen LogP contribution < -0.4 is 5.73 Å². The summed E-state index contributed by atoms with van der Waals surface area (Å²) in [7, 11) is 0. The van der Waals surface area contributed by atoms with E-state index in [1.807, 2.05) is 0 Å².